The maximum atomic E-state index is 10.4. The lowest BCUT2D eigenvalue weighted by Gasteiger charge is -2.20. The topological polar surface area (TPSA) is 32.7 Å². The lowest BCUT2D eigenvalue weighted by molar-refractivity contribution is 0.144. The largest absolute Gasteiger partial charge is 0.493 e. The minimum Gasteiger partial charge on any atom is -0.493 e. The van der Waals surface area contributed by atoms with Crippen molar-refractivity contribution in [3.8, 4) is 5.75 Å². The van der Waals surface area contributed by atoms with Crippen LogP contribution in [0.1, 0.15) is 43.4 Å². The van der Waals surface area contributed by atoms with Crippen LogP contribution < -0.4 is 4.74 Å². The first-order chi connectivity index (χ1) is 9.20. The lowest BCUT2D eigenvalue weighted by Crippen LogP contribution is -2.22. The zero-order valence-electron chi connectivity index (χ0n) is 12.1. The fourth-order valence-corrected chi connectivity index (χ4v) is 2.68. The van der Waals surface area contributed by atoms with Crippen LogP contribution in [0.3, 0.4) is 0 Å². The highest BCUT2D eigenvalue weighted by Gasteiger charge is 2.17. The third kappa shape index (κ3) is 3.95. The fraction of sp³-hybridized carbons (Fsp3) is 0.625. The van der Waals surface area contributed by atoms with E-state index in [2.05, 4.69) is 4.90 Å². The summed E-state index contributed by atoms with van der Waals surface area (Å²) >= 11 is 0. The van der Waals surface area contributed by atoms with Crippen molar-refractivity contribution in [3.05, 3.63) is 29.3 Å². The van der Waals surface area contributed by atoms with Crippen LogP contribution in [0.4, 0.5) is 0 Å². The maximum absolute atomic E-state index is 10.4. The molecule has 1 N–H and O–H groups in total. The van der Waals surface area contributed by atoms with Crippen LogP contribution in [0.2, 0.25) is 0 Å². The van der Waals surface area contributed by atoms with E-state index in [1.165, 1.54) is 31.5 Å². The monoisotopic (exact) mass is 263 g/mol. The Hall–Kier alpha value is -1.06. The van der Waals surface area contributed by atoms with Crippen LogP contribution in [0.5, 0.6) is 5.75 Å². The van der Waals surface area contributed by atoms with Crippen LogP contribution in [-0.4, -0.2) is 36.2 Å². The van der Waals surface area contributed by atoms with Crippen molar-refractivity contribution in [3.63, 3.8) is 0 Å². The summed E-state index contributed by atoms with van der Waals surface area (Å²) in [4.78, 5) is 2.43. The van der Waals surface area contributed by atoms with Gasteiger partial charge in [0.1, 0.15) is 5.75 Å². The third-order valence-electron chi connectivity index (χ3n) is 3.74. The van der Waals surface area contributed by atoms with Gasteiger partial charge < -0.3 is 14.7 Å². The number of aliphatic hydroxyl groups excluding tert-OH is 1. The summed E-state index contributed by atoms with van der Waals surface area (Å²) in [6.45, 7) is 7.99. The van der Waals surface area contributed by atoms with Gasteiger partial charge in [0, 0.05) is 12.1 Å². The number of aryl methyl sites for hydroxylation is 1. The number of hydrogen-bond acceptors (Lipinski definition) is 3. The van der Waals surface area contributed by atoms with E-state index >= 15 is 0 Å². The second kappa shape index (κ2) is 6.92. The molecule has 0 aliphatic carbocycles. The van der Waals surface area contributed by atoms with E-state index < -0.39 is 6.10 Å². The van der Waals surface area contributed by atoms with Gasteiger partial charge in [-0.25, -0.2) is 0 Å². The highest BCUT2D eigenvalue weighted by molar-refractivity contribution is 5.38. The molecule has 1 aliphatic rings. The van der Waals surface area contributed by atoms with Gasteiger partial charge in [-0.2, -0.15) is 0 Å². The van der Waals surface area contributed by atoms with Crippen LogP contribution in [-0.2, 0) is 0 Å². The summed E-state index contributed by atoms with van der Waals surface area (Å²) in [6.07, 6.45) is 2.95. The first-order valence-corrected chi connectivity index (χ1v) is 7.34. The van der Waals surface area contributed by atoms with Crippen molar-refractivity contribution in [1.29, 1.82) is 0 Å². The molecule has 1 saturated heterocycles. The normalized spacial score (nSPS) is 17.6. The second-order valence-corrected chi connectivity index (χ2v) is 5.33. The van der Waals surface area contributed by atoms with Gasteiger partial charge in [-0.1, -0.05) is 11.6 Å². The van der Waals surface area contributed by atoms with Crippen molar-refractivity contribution in [2.24, 2.45) is 0 Å². The van der Waals surface area contributed by atoms with Crippen molar-refractivity contribution in [2.45, 2.75) is 39.2 Å². The minimum absolute atomic E-state index is 0.429. The molecule has 1 aromatic rings. The van der Waals surface area contributed by atoms with Gasteiger partial charge >= 0.3 is 0 Å². The quantitative estimate of drug-likeness (QED) is 0.856. The Morgan fingerprint density at radius 1 is 1.32 bits per heavy atom. The first-order valence-electron chi connectivity index (χ1n) is 7.34. The van der Waals surface area contributed by atoms with E-state index in [1.807, 2.05) is 32.0 Å². The van der Waals surface area contributed by atoms with Crippen molar-refractivity contribution in [1.82, 2.24) is 4.90 Å². The van der Waals surface area contributed by atoms with Crippen molar-refractivity contribution >= 4 is 0 Å². The molecule has 0 radical (unpaired) electrons. The second-order valence-electron chi connectivity index (χ2n) is 5.33. The molecule has 0 bridgehead atoms. The molecule has 0 aromatic heterocycles. The predicted molar refractivity (Wildman–Crippen MR) is 77.6 cm³/mol. The van der Waals surface area contributed by atoms with Crippen LogP contribution in [0.15, 0.2) is 18.2 Å². The Bertz CT molecular complexity index is 400. The molecule has 2 rings (SSSR count). The number of nitrogens with zero attached hydrogens (tertiary/aromatic N) is 1. The zero-order chi connectivity index (χ0) is 13.7. The molecular weight excluding hydrogens is 238 g/mol. The number of rotatable bonds is 6. The van der Waals surface area contributed by atoms with Gasteiger partial charge in [-0.3, -0.25) is 0 Å². The molecule has 1 fully saturated rings. The van der Waals surface area contributed by atoms with Gasteiger partial charge in [-0.05, 0) is 58.3 Å². The van der Waals surface area contributed by atoms with E-state index in [4.69, 9.17) is 4.74 Å². The maximum Gasteiger partial charge on any atom is 0.125 e. The van der Waals surface area contributed by atoms with E-state index in [1.54, 1.807) is 0 Å². The molecule has 1 atom stereocenters. The number of ether oxygens (including phenoxy) is 1. The van der Waals surface area contributed by atoms with E-state index in [0.717, 1.165) is 24.3 Å². The number of likely N-dealkylation sites (tertiary alicyclic amines) is 1. The standard InChI is InChI=1S/C16H25NO2/c1-3-19-16-7-6-13(2)12-14(16)15(18)8-11-17-9-4-5-10-17/h6-7,12,15,18H,3-5,8-11H2,1-2H3. The van der Waals surface area contributed by atoms with E-state index in [9.17, 15) is 5.11 Å². The fourth-order valence-electron chi connectivity index (χ4n) is 2.68. The SMILES string of the molecule is CCOc1ccc(C)cc1C(O)CCN1CCCC1. The van der Waals surface area contributed by atoms with Crippen molar-refractivity contribution < 1.29 is 9.84 Å². The molecule has 1 heterocycles. The number of benzene rings is 1. The van der Waals surface area contributed by atoms with E-state index in [0.29, 0.717) is 6.61 Å². The average Bonchev–Trinajstić information content (AvgIpc) is 2.91. The Kier molecular flexibility index (Phi) is 5.23. The molecule has 19 heavy (non-hydrogen) atoms. The van der Waals surface area contributed by atoms with E-state index in [-0.39, 0.29) is 0 Å². The summed E-state index contributed by atoms with van der Waals surface area (Å²) in [5, 5.41) is 10.4. The van der Waals surface area contributed by atoms with Crippen LogP contribution >= 0.6 is 0 Å². The molecule has 0 spiro atoms. The lowest BCUT2D eigenvalue weighted by atomic mass is 10.0. The van der Waals surface area contributed by atoms with Crippen molar-refractivity contribution in [2.75, 3.05) is 26.2 Å². The smallest absolute Gasteiger partial charge is 0.125 e. The van der Waals surface area contributed by atoms with Crippen LogP contribution in [0.25, 0.3) is 0 Å². The van der Waals surface area contributed by atoms with Gasteiger partial charge in [0.2, 0.25) is 0 Å². The number of aliphatic hydroxyl groups is 1. The molecule has 3 heteroatoms. The Morgan fingerprint density at radius 3 is 2.74 bits per heavy atom. The Labute approximate surface area is 116 Å². The first kappa shape index (κ1) is 14.4. The Balaban J connectivity index is 1.99. The molecule has 1 unspecified atom stereocenters. The molecular formula is C16H25NO2. The average molecular weight is 263 g/mol. The number of hydrogen-bond donors (Lipinski definition) is 1. The van der Waals surface area contributed by atoms with Gasteiger partial charge in [-0.15, -0.1) is 0 Å². The highest BCUT2D eigenvalue weighted by Crippen LogP contribution is 2.29. The summed E-state index contributed by atoms with van der Waals surface area (Å²) in [6, 6.07) is 6.04. The summed E-state index contributed by atoms with van der Waals surface area (Å²) in [7, 11) is 0. The summed E-state index contributed by atoms with van der Waals surface area (Å²) in [5.41, 5.74) is 2.10. The molecule has 0 saturated carbocycles. The molecule has 3 nitrogen and oxygen atoms in total. The van der Waals surface area contributed by atoms with Gasteiger partial charge in [0.05, 0.1) is 12.7 Å². The molecule has 1 aliphatic heterocycles. The molecule has 0 amide bonds. The zero-order valence-corrected chi connectivity index (χ0v) is 12.1. The molecule has 1 aromatic carbocycles. The van der Waals surface area contributed by atoms with Gasteiger partial charge in [0.25, 0.3) is 0 Å². The predicted octanol–water partition coefficient (Wildman–Crippen LogP) is 2.91. The Morgan fingerprint density at radius 2 is 2.05 bits per heavy atom. The summed E-state index contributed by atoms with van der Waals surface area (Å²) < 4.78 is 5.61. The minimum atomic E-state index is -0.429. The van der Waals surface area contributed by atoms with Crippen LogP contribution in [0, 0.1) is 6.92 Å². The third-order valence-corrected chi connectivity index (χ3v) is 3.74. The highest BCUT2D eigenvalue weighted by atomic mass is 16.5. The van der Waals surface area contributed by atoms with Gasteiger partial charge in [0.15, 0.2) is 0 Å². The molecule has 106 valence electrons. The summed E-state index contributed by atoms with van der Waals surface area (Å²) in [5.74, 6) is 0.821.